The van der Waals surface area contributed by atoms with Crippen LogP contribution in [0.25, 0.3) is 0 Å². The number of hydrogen-bond acceptors (Lipinski definition) is 3. The number of benzene rings is 1. The third kappa shape index (κ3) is 4.37. The number of nitrogens with two attached hydrogens (primary N) is 1. The fourth-order valence-electron chi connectivity index (χ4n) is 2.75. The van der Waals surface area contributed by atoms with Crippen LogP contribution < -0.4 is 5.73 Å². The quantitative estimate of drug-likeness (QED) is 0.862. The topological polar surface area (TPSA) is 32.5 Å². The van der Waals surface area contributed by atoms with Crippen molar-refractivity contribution in [1.82, 2.24) is 9.80 Å². The lowest BCUT2D eigenvalue weighted by molar-refractivity contribution is 0.173. The van der Waals surface area contributed by atoms with E-state index in [0.717, 1.165) is 19.0 Å². The van der Waals surface area contributed by atoms with E-state index in [1.807, 2.05) is 12.1 Å². The minimum absolute atomic E-state index is 0.640. The van der Waals surface area contributed by atoms with Crippen LogP contribution in [-0.4, -0.2) is 43.5 Å². The van der Waals surface area contributed by atoms with Gasteiger partial charge in [-0.15, -0.1) is 0 Å². The fourth-order valence-corrected chi connectivity index (χ4v) is 2.87. The van der Waals surface area contributed by atoms with Gasteiger partial charge in [-0.2, -0.15) is 0 Å². The molecule has 1 aliphatic heterocycles. The monoisotopic (exact) mass is 281 g/mol. The summed E-state index contributed by atoms with van der Waals surface area (Å²) in [6.07, 6.45) is 2.62. The summed E-state index contributed by atoms with van der Waals surface area (Å²) in [5.74, 6) is 0.825. The van der Waals surface area contributed by atoms with Gasteiger partial charge in [0.2, 0.25) is 0 Å². The van der Waals surface area contributed by atoms with Crippen LogP contribution in [0.15, 0.2) is 18.2 Å². The standard InChI is InChI=1S/C15H24ClN3/c1-18-7-5-12(6-8-18)10-19(2)11-13-3-4-14(16)15(17)9-13/h3-4,9,12H,5-8,10-11,17H2,1-2H3. The van der Waals surface area contributed by atoms with E-state index in [1.54, 1.807) is 0 Å². The van der Waals surface area contributed by atoms with Gasteiger partial charge in [0, 0.05) is 13.1 Å². The highest BCUT2D eigenvalue weighted by atomic mass is 35.5. The van der Waals surface area contributed by atoms with Gasteiger partial charge in [0.25, 0.3) is 0 Å². The molecule has 1 aromatic rings. The lowest BCUT2D eigenvalue weighted by Crippen LogP contribution is -2.35. The molecule has 0 bridgehead atoms. The molecule has 1 aliphatic rings. The van der Waals surface area contributed by atoms with Crippen LogP contribution in [0.3, 0.4) is 0 Å². The molecule has 106 valence electrons. The highest BCUT2D eigenvalue weighted by molar-refractivity contribution is 6.33. The summed E-state index contributed by atoms with van der Waals surface area (Å²) in [5, 5.41) is 0.640. The number of rotatable bonds is 4. The highest BCUT2D eigenvalue weighted by Crippen LogP contribution is 2.21. The van der Waals surface area contributed by atoms with E-state index in [2.05, 4.69) is 30.0 Å². The molecule has 19 heavy (non-hydrogen) atoms. The van der Waals surface area contributed by atoms with E-state index in [-0.39, 0.29) is 0 Å². The van der Waals surface area contributed by atoms with Crippen molar-refractivity contribution in [3.8, 4) is 0 Å². The van der Waals surface area contributed by atoms with Crippen molar-refractivity contribution in [3.63, 3.8) is 0 Å². The third-order valence-electron chi connectivity index (χ3n) is 3.92. The van der Waals surface area contributed by atoms with Crippen molar-refractivity contribution >= 4 is 17.3 Å². The number of nitrogen functional groups attached to an aromatic ring is 1. The Morgan fingerprint density at radius 2 is 2.05 bits per heavy atom. The zero-order valence-corrected chi connectivity index (χ0v) is 12.7. The second kappa shape index (κ2) is 6.60. The molecule has 3 nitrogen and oxygen atoms in total. The molecule has 0 radical (unpaired) electrons. The number of likely N-dealkylation sites (tertiary alicyclic amines) is 1. The maximum Gasteiger partial charge on any atom is 0.0635 e. The van der Waals surface area contributed by atoms with Crippen molar-refractivity contribution in [2.75, 3.05) is 39.5 Å². The van der Waals surface area contributed by atoms with E-state index < -0.39 is 0 Å². The summed E-state index contributed by atoms with van der Waals surface area (Å²) < 4.78 is 0. The molecule has 0 aromatic heterocycles. The van der Waals surface area contributed by atoms with Crippen molar-refractivity contribution in [2.45, 2.75) is 19.4 Å². The average Bonchev–Trinajstić information content (AvgIpc) is 2.37. The van der Waals surface area contributed by atoms with Gasteiger partial charge in [0.1, 0.15) is 0 Å². The Morgan fingerprint density at radius 3 is 2.68 bits per heavy atom. The van der Waals surface area contributed by atoms with Crippen molar-refractivity contribution in [2.24, 2.45) is 5.92 Å². The summed E-state index contributed by atoms with van der Waals surface area (Å²) in [5.41, 5.74) is 7.75. The van der Waals surface area contributed by atoms with Gasteiger partial charge < -0.3 is 15.5 Å². The highest BCUT2D eigenvalue weighted by Gasteiger charge is 2.18. The van der Waals surface area contributed by atoms with Crippen LogP contribution in [0, 0.1) is 5.92 Å². The third-order valence-corrected chi connectivity index (χ3v) is 4.27. The van der Waals surface area contributed by atoms with Crippen molar-refractivity contribution in [3.05, 3.63) is 28.8 Å². The minimum atomic E-state index is 0.640. The van der Waals surface area contributed by atoms with E-state index in [1.165, 1.54) is 31.5 Å². The molecule has 1 fully saturated rings. The van der Waals surface area contributed by atoms with Gasteiger partial charge in [-0.05, 0) is 63.6 Å². The van der Waals surface area contributed by atoms with Gasteiger partial charge in [0.05, 0.1) is 10.7 Å². The second-order valence-electron chi connectivity index (χ2n) is 5.80. The molecular formula is C15H24ClN3. The zero-order valence-electron chi connectivity index (χ0n) is 11.9. The second-order valence-corrected chi connectivity index (χ2v) is 6.21. The molecule has 4 heteroatoms. The molecule has 1 heterocycles. The Bertz CT molecular complexity index is 414. The van der Waals surface area contributed by atoms with Crippen LogP contribution in [0.4, 0.5) is 5.69 Å². The van der Waals surface area contributed by atoms with Crippen LogP contribution >= 0.6 is 11.6 Å². The average molecular weight is 282 g/mol. The maximum atomic E-state index is 5.94. The molecule has 0 spiro atoms. The summed E-state index contributed by atoms with van der Waals surface area (Å²) in [7, 11) is 4.39. The number of hydrogen-bond donors (Lipinski definition) is 1. The summed E-state index contributed by atoms with van der Waals surface area (Å²) >= 11 is 5.94. The number of nitrogens with zero attached hydrogens (tertiary/aromatic N) is 2. The van der Waals surface area contributed by atoms with Crippen LogP contribution in [-0.2, 0) is 6.54 Å². The first kappa shape index (κ1) is 14.6. The van der Waals surface area contributed by atoms with Crippen molar-refractivity contribution < 1.29 is 0 Å². The predicted molar refractivity (Wildman–Crippen MR) is 82.4 cm³/mol. The van der Waals surface area contributed by atoms with Crippen LogP contribution in [0.5, 0.6) is 0 Å². The smallest absolute Gasteiger partial charge is 0.0635 e. The summed E-state index contributed by atoms with van der Waals surface area (Å²) in [6.45, 7) is 4.56. The molecular weight excluding hydrogens is 258 g/mol. The first-order valence-electron chi connectivity index (χ1n) is 6.95. The maximum absolute atomic E-state index is 5.94. The lowest BCUT2D eigenvalue weighted by atomic mass is 9.96. The van der Waals surface area contributed by atoms with E-state index in [4.69, 9.17) is 17.3 Å². The Morgan fingerprint density at radius 1 is 1.37 bits per heavy atom. The first-order valence-corrected chi connectivity index (χ1v) is 7.33. The normalized spacial score (nSPS) is 18.1. The molecule has 0 aliphatic carbocycles. The summed E-state index contributed by atoms with van der Waals surface area (Å²) in [4.78, 5) is 4.80. The van der Waals surface area contributed by atoms with E-state index >= 15 is 0 Å². The number of halogens is 1. The Hall–Kier alpha value is -0.770. The van der Waals surface area contributed by atoms with Crippen LogP contribution in [0.1, 0.15) is 18.4 Å². The SMILES string of the molecule is CN1CCC(CN(C)Cc2ccc(Cl)c(N)c2)CC1. The van der Waals surface area contributed by atoms with Crippen LogP contribution in [0.2, 0.25) is 5.02 Å². The largest absolute Gasteiger partial charge is 0.398 e. The minimum Gasteiger partial charge on any atom is -0.398 e. The van der Waals surface area contributed by atoms with Gasteiger partial charge in [-0.3, -0.25) is 0 Å². The van der Waals surface area contributed by atoms with E-state index in [9.17, 15) is 0 Å². The summed E-state index contributed by atoms with van der Waals surface area (Å²) in [6, 6.07) is 5.92. The van der Waals surface area contributed by atoms with E-state index in [0.29, 0.717) is 10.7 Å². The predicted octanol–water partition coefficient (Wildman–Crippen LogP) is 2.70. The molecule has 0 atom stereocenters. The molecule has 0 amide bonds. The Balaban J connectivity index is 1.83. The van der Waals surface area contributed by atoms with Gasteiger partial charge in [0.15, 0.2) is 0 Å². The van der Waals surface area contributed by atoms with Gasteiger partial charge >= 0.3 is 0 Å². The van der Waals surface area contributed by atoms with Gasteiger partial charge in [-0.1, -0.05) is 17.7 Å². The molecule has 1 aromatic carbocycles. The van der Waals surface area contributed by atoms with Crippen molar-refractivity contribution in [1.29, 1.82) is 0 Å². The lowest BCUT2D eigenvalue weighted by Gasteiger charge is -2.31. The Kier molecular flexibility index (Phi) is 5.08. The van der Waals surface area contributed by atoms with Gasteiger partial charge in [-0.25, -0.2) is 0 Å². The molecule has 0 saturated carbocycles. The Labute approximate surface area is 121 Å². The number of anilines is 1. The first-order chi connectivity index (χ1) is 9.04. The zero-order chi connectivity index (χ0) is 13.8. The molecule has 2 rings (SSSR count). The fraction of sp³-hybridized carbons (Fsp3) is 0.600. The molecule has 0 unspecified atom stereocenters. The number of piperidine rings is 1. The molecule has 1 saturated heterocycles. The molecule has 2 N–H and O–H groups in total.